The summed E-state index contributed by atoms with van der Waals surface area (Å²) in [5.41, 5.74) is 0.697. The highest BCUT2D eigenvalue weighted by Crippen LogP contribution is 2.26. The summed E-state index contributed by atoms with van der Waals surface area (Å²) in [5, 5.41) is 3.65. The van der Waals surface area contributed by atoms with E-state index in [9.17, 15) is 9.59 Å². The molecule has 0 aliphatic rings. The van der Waals surface area contributed by atoms with Crippen molar-refractivity contribution in [3.8, 4) is 0 Å². The van der Waals surface area contributed by atoms with Crippen LogP contribution in [0.25, 0.3) is 6.08 Å². The summed E-state index contributed by atoms with van der Waals surface area (Å²) in [4.78, 5) is 22.6. The molecule has 0 saturated carbocycles. The van der Waals surface area contributed by atoms with Crippen molar-refractivity contribution >= 4 is 41.2 Å². The standard InChI is InChI=1S/C16H19Cl2NO3/c1-22-15(21)8-3-2-4-11-19-14(20)10-9-12-6-5-7-13(17)16(12)18/h5-7,9-10H,2-4,8,11H2,1H3,(H,19,20)/b10-9+. The summed E-state index contributed by atoms with van der Waals surface area (Å²) >= 11 is 11.9. The van der Waals surface area contributed by atoms with Gasteiger partial charge in [0, 0.05) is 19.0 Å². The molecule has 0 fully saturated rings. The first kappa shape index (κ1) is 18.5. The Morgan fingerprint density at radius 2 is 2.00 bits per heavy atom. The zero-order chi connectivity index (χ0) is 16.4. The number of rotatable bonds is 8. The first-order chi connectivity index (χ1) is 10.5. The Labute approximate surface area is 140 Å². The molecule has 0 atom stereocenters. The number of benzene rings is 1. The summed E-state index contributed by atoms with van der Waals surface area (Å²) in [7, 11) is 1.38. The van der Waals surface area contributed by atoms with Crippen molar-refractivity contribution in [2.75, 3.05) is 13.7 Å². The van der Waals surface area contributed by atoms with Gasteiger partial charge in [-0.25, -0.2) is 0 Å². The molecular weight excluding hydrogens is 325 g/mol. The summed E-state index contributed by atoms with van der Waals surface area (Å²) < 4.78 is 4.55. The van der Waals surface area contributed by atoms with Gasteiger partial charge in [-0.1, -0.05) is 41.8 Å². The van der Waals surface area contributed by atoms with Crippen molar-refractivity contribution in [1.29, 1.82) is 0 Å². The molecule has 0 spiro atoms. The Hall–Kier alpha value is -1.52. The van der Waals surface area contributed by atoms with Crippen molar-refractivity contribution in [2.24, 2.45) is 0 Å². The minimum absolute atomic E-state index is 0.191. The van der Waals surface area contributed by atoms with Crippen molar-refractivity contribution in [2.45, 2.75) is 25.7 Å². The molecule has 0 aliphatic carbocycles. The monoisotopic (exact) mass is 343 g/mol. The van der Waals surface area contributed by atoms with E-state index in [1.165, 1.54) is 13.2 Å². The number of hydrogen-bond acceptors (Lipinski definition) is 3. The lowest BCUT2D eigenvalue weighted by molar-refractivity contribution is -0.140. The maximum atomic E-state index is 11.7. The number of esters is 1. The van der Waals surface area contributed by atoms with Crippen LogP contribution in [0, 0.1) is 0 Å². The van der Waals surface area contributed by atoms with Gasteiger partial charge in [0.15, 0.2) is 0 Å². The Kier molecular flexibility index (Phi) is 8.63. The fourth-order valence-corrected chi connectivity index (χ4v) is 2.13. The van der Waals surface area contributed by atoms with E-state index in [1.807, 2.05) is 0 Å². The number of ether oxygens (including phenoxy) is 1. The normalized spacial score (nSPS) is 10.7. The highest BCUT2D eigenvalue weighted by atomic mass is 35.5. The SMILES string of the molecule is COC(=O)CCCCCNC(=O)/C=C/c1cccc(Cl)c1Cl. The number of nitrogens with one attached hydrogen (secondary N) is 1. The van der Waals surface area contributed by atoms with Crippen LogP contribution < -0.4 is 5.32 Å². The quantitative estimate of drug-likeness (QED) is 0.443. The number of carbonyl (C=O) groups is 2. The van der Waals surface area contributed by atoms with Crippen LogP contribution in [-0.4, -0.2) is 25.5 Å². The first-order valence-electron chi connectivity index (χ1n) is 7.01. The van der Waals surface area contributed by atoms with E-state index in [0.29, 0.717) is 28.6 Å². The maximum absolute atomic E-state index is 11.7. The molecular formula is C16H19Cl2NO3. The fourth-order valence-electron chi connectivity index (χ4n) is 1.76. The molecule has 0 heterocycles. The van der Waals surface area contributed by atoms with E-state index in [4.69, 9.17) is 23.2 Å². The predicted molar refractivity (Wildman–Crippen MR) is 89.0 cm³/mol. The summed E-state index contributed by atoms with van der Waals surface area (Å²) in [6.45, 7) is 0.563. The van der Waals surface area contributed by atoms with Crippen LogP contribution in [0.3, 0.4) is 0 Å². The Bertz CT molecular complexity index is 544. The highest BCUT2D eigenvalue weighted by Gasteiger charge is 2.02. The van der Waals surface area contributed by atoms with E-state index in [2.05, 4.69) is 10.1 Å². The van der Waals surface area contributed by atoms with Crippen LogP contribution in [0.1, 0.15) is 31.2 Å². The number of methoxy groups -OCH3 is 1. The summed E-state index contributed by atoms with van der Waals surface area (Å²) in [5.74, 6) is -0.394. The van der Waals surface area contributed by atoms with Gasteiger partial charge >= 0.3 is 5.97 Å². The van der Waals surface area contributed by atoms with Crippen molar-refractivity contribution < 1.29 is 14.3 Å². The minimum atomic E-state index is -0.203. The van der Waals surface area contributed by atoms with E-state index < -0.39 is 0 Å². The van der Waals surface area contributed by atoms with Gasteiger partial charge in [-0.3, -0.25) is 9.59 Å². The van der Waals surface area contributed by atoms with Crippen molar-refractivity contribution in [3.63, 3.8) is 0 Å². The second-order valence-corrected chi connectivity index (χ2v) is 5.44. The average Bonchev–Trinajstić information content (AvgIpc) is 2.51. The highest BCUT2D eigenvalue weighted by molar-refractivity contribution is 6.42. The number of hydrogen-bond donors (Lipinski definition) is 1. The molecule has 22 heavy (non-hydrogen) atoms. The minimum Gasteiger partial charge on any atom is -0.469 e. The third-order valence-corrected chi connectivity index (χ3v) is 3.81. The molecule has 1 N–H and O–H groups in total. The molecule has 4 nitrogen and oxygen atoms in total. The van der Waals surface area contributed by atoms with E-state index in [0.717, 1.165) is 19.3 Å². The largest absolute Gasteiger partial charge is 0.469 e. The molecule has 1 rings (SSSR count). The van der Waals surface area contributed by atoms with Gasteiger partial charge in [0.2, 0.25) is 5.91 Å². The third-order valence-electron chi connectivity index (χ3n) is 2.98. The smallest absolute Gasteiger partial charge is 0.305 e. The van der Waals surface area contributed by atoms with Crippen LogP contribution in [0.5, 0.6) is 0 Å². The molecule has 0 bridgehead atoms. The second-order valence-electron chi connectivity index (χ2n) is 4.65. The van der Waals surface area contributed by atoms with Crippen LogP contribution in [0.15, 0.2) is 24.3 Å². The number of unbranched alkanes of at least 4 members (excludes halogenated alkanes) is 2. The number of carbonyl (C=O) groups excluding carboxylic acids is 2. The Morgan fingerprint density at radius 1 is 1.23 bits per heavy atom. The number of amides is 1. The van der Waals surface area contributed by atoms with Gasteiger partial charge in [-0.2, -0.15) is 0 Å². The maximum Gasteiger partial charge on any atom is 0.305 e. The molecule has 0 aliphatic heterocycles. The van der Waals surface area contributed by atoms with Crippen LogP contribution >= 0.6 is 23.2 Å². The van der Waals surface area contributed by atoms with E-state index >= 15 is 0 Å². The van der Waals surface area contributed by atoms with Gasteiger partial charge in [-0.05, 0) is 30.5 Å². The predicted octanol–water partition coefficient (Wildman–Crippen LogP) is 3.86. The van der Waals surface area contributed by atoms with Crippen molar-refractivity contribution in [1.82, 2.24) is 5.32 Å². The van der Waals surface area contributed by atoms with E-state index in [-0.39, 0.29) is 11.9 Å². The van der Waals surface area contributed by atoms with Crippen molar-refractivity contribution in [3.05, 3.63) is 39.9 Å². The fraction of sp³-hybridized carbons (Fsp3) is 0.375. The van der Waals surface area contributed by atoms with Crippen LogP contribution in [-0.2, 0) is 14.3 Å². The van der Waals surface area contributed by atoms with Gasteiger partial charge < -0.3 is 10.1 Å². The molecule has 1 aromatic carbocycles. The van der Waals surface area contributed by atoms with Gasteiger partial charge in [0.1, 0.15) is 0 Å². The molecule has 0 saturated heterocycles. The first-order valence-corrected chi connectivity index (χ1v) is 7.77. The lowest BCUT2D eigenvalue weighted by Crippen LogP contribution is -2.22. The molecule has 6 heteroatoms. The Morgan fingerprint density at radius 3 is 2.73 bits per heavy atom. The second kappa shape index (κ2) is 10.2. The zero-order valence-corrected chi connectivity index (χ0v) is 13.9. The lowest BCUT2D eigenvalue weighted by atomic mass is 10.2. The molecule has 1 aromatic rings. The Balaban J connectivity index is 2.25. The zero-order valence-electron chi connectivity index (χ0n) is 12.4. The lowest BCUT2D eigenvalue weighted by Gasteiger charge is -2.03. The number of halogens is 2. The third kappa shape index (κ3) is 6.96. The molecule has 1 amide bonds. The molecule has 0 aromatic heterocycles. The molecule has 0 unspecified atom stereocenters. The summed E-state index contributed by atoms with van der Waals surface area (Å²) in [6, 6.07) is 5.24. The van der Waals surface area contributed by atoms with Crippen LogP contribution in [0.4, 0.5) is 0 Å². The van der Waals surface area contributed by atoms with Gasteiger partial charge in [0.25, 0.3) is 0 Å². The van der Waals surface area contributed by atoms with Crippen LogP contribution in [0.2, 0.25) is 10.0 Å². The summed E-state index contributed by atoms with van der Waals surface area (Å²) in [6.07, 6.45) is 5.90. The van der Waals surface area contributed by atoms with Gasteiger partial charge in [-0.15, -0.1) is 0 Å². The van der Waals surface area contributed by atoms with E-state index in [1.54, 1.807) is 24.3 Å². The van der Waals surface area contributed by atoms with Gasteiger partial charge in [0.05, 0.1) is 17.2 Å². The molecule has 0 radical (unpaired) electrons. The average molecular weight is 344 g/mol. The topological polar surface area (TPSA) is 55.4 Å². The molecule has 120 valence electrons.